The fraction of sp³-hybridized carbons (Fsp3) is 0. The molecule has 0 radical (unpaired) electrons. The van der Waals surface area contributed by atoms with Gasteiger partial charge in [0, 0.05) is 0 Å². The van der Waals surface area contributed by atoms with Crippen LogP contribution in [0.25, 0.3) is 0 Å². The number of rotatable bonds is 1. The summed E-state index contributed by atoms with van der Waals surface area (Å²) in [5.41, 5.74) is 0. The minimum absolute atomic E-state index is 1.11. The summed E-state index contributed by atoms with van der Waals surface area (Å²) >= 11 is 7.72. The van der Waals surface area contributed by atoms with Crippen LogP contribution in [0.4, 0.5) is 4.20 Å². The third-order valence-corrected chi connectivity index (χ3v) is 10.8. The molecule has 1 unspecified atom stereocenters. The summed E-state index contributed by atoms with van der Waals surface area (Å²) in [5.74, 6) is 0. The van der Waals surface area contributed by atoms with Gasteiger partial charge in [-0.15, -0.1) is 0 Å². The molecule has 0 amide bonds. The van der Waals surface area contributed by atoms with Crippen molar-refractivity contribution < 1.29 is 4.20 Å². The molecule has 0 aliphatic carbocycles. The molecule has 0 spiro atoms. The van der Waals surface area contributed by atoms with E-state index in [2.05, 4.69) is 11.8 Å². The fourth-order valence-electron chi connectivity index (χ4n) is 0. The van der Waals surface area contributed by atoms with Gasteiger partial charge in [0.1, 0.15) is 0 Å². The van der Waals surface area contributed by atoms with Crippen LogP contribution in [0, 0.1) is 0 Å². The monoisotopic (exact) mass is 248 g/mol. The molecule has 0 N–H and O–H groups in total. The minimum atomic E-state index is -2.41. The topological polar surface area (TPSA) is 0 Å². The van der Waals surface area contributed by atoms with Gasteiger partial charge in [0.05, 0.1) is 0 Å². The third-order valence-electron chi connectivity index (χ3n) is 0.123. The molecule has 0 aromatic rings. The number of hydrogen-bond donors (Lipinski definition) is 0. The second-order valence-corrected chi connectivity index (χ2v) is 11.2. The van der Waals surface area contributed by atoms with E-state index in [1.54, 1.807) is 0 Å². The first-order chi connectivity index (χ1) is 2.56. The molecular formula is FILiPS2. The van der Waals surface area contributed by atoms with Gasteiger partial charge in [0.25, 0.3) is 0 Å². The van der Waals surface area contributed by atoms with Crippen molar-refractivity contribution in [2.24, 2.45) is 0 Å². The molecule has 6 heteroatoms. The Kier molecular flexibility index (Phi) is 4.56. The summed E-state index contributed by atoms with van der Waals surface area (Å²) in [6.07, 6.45) is 0. The van der Waals surface area contributed by atoms with Crippen LogP contribution >= 0.6 is 33.7 Å². The molecule has 0 aliphatic rings. The summed E-state index contributed by atoms with van der Waals surface area (Å²) in [4.78, 5) is 0. The van der Waals surface area contributed by atoms with Crippen LogP contribution in [0.3, 0.4) is 0 Å². The van der Waals surface area contributed by atoms with Crippen molar-refractivity contribution in [3.63, 3.8) is 0 Å². The van der Waals surface area contributed by atoms with E-state index in [9.17, 15) is 4.20 Å². The molecule has 0 aromatic carbocycles. The Morgan fingerprint density at radius 3 is 2.17 bits per heavy atom. The van der Waals surface area contributed by atoms with Gasteiger partial charge in [-0.05, 0) is 0 Å². The van der Waals surface area contributed by atoms with Crippen LogP contribution in [-0.2, 0) is 11.8 Å². The Morgan fingerprint density at radius 2 is 2.17 bits per heavy atom. The molecule has 1 atom stereocenters. The summed E-state index contributed by atoms with van der Waals surface area (Å²) in [7, 11) is 1.11. The predicted molar refractivity (Wildman–Crippen MR) is 42.8 cm³/mol. The second kappa shape index (κ2) is 3.32. The van der Waals surface area contributed by atoms with Gasteiger partial charge >= 0.3 is 67.0 Å². The Hall–Kier alpha value is 2.26. The van der Waals surface area contributed by atoms with Crippen molar-refractivity contribution in [2.75, 3.05) is 0 Å². The standard InChI is InChI=1S/FIPS2.Li/c1-3(4)5-2;/q+1;-1. The zero-order chi connectivity index (χ0) is 5.21. The van der Waals surface area contributed by atoms with Gasteiger partial charge in [-0.25, -0.2) is 0 Å². The first-order valence-corrected chi connectivity index (χ1v) is 8.24. The van der Waals surface area contributed by atoms with Gasteiger partial charge < -0.3 is 0 Å². The number of hydrogen-bond acceptors (Lipinski definition) is 2. The van der Waals surface area contributed by atoms with Crippen molar-refractivity contribution in [1.29, 1.82) is 0 Å². The molecule has 0 aliphatic heterocycles. The molecule has 0 bridgehead atoms. The normalized spacial score (nSPS) is 20.0. The van der Waals surface area contributed by atoms with Crippen LogP contribution in [0.5, 0.6) is 0 Å². The van der Waals surface area contributed by atoms with Crippen LogP contribution in [0.1, 0.15) is 0 Å². The van der Waals surface area contributed by atoms with Gasteiger partial charge in [-0.1, -0.05) is 0 Å². The van der Waals surface area contributed by atoms with Crippen LogP contribution < -0.4 is 0 Å². The maximum atomic E-state index is 12.0. The van der Waals surface area contributed by atoms with Crippen molar-refractivity contribution >= 4 is 62.8 Å². The molecule has 0 aromatic heterocycles. The van der Waals surface area contributed by atoms with Gasteiger partial charge in [-0.2, -0.15) is 0 Å². The van der Waals surface area contributed by atoms with Crippen molar-refractivity contribution in [3.05, 3.63) is 0 Å². The average Bonchev–Trinajstić information content (AvgIpc) is 1.35. The van der Waals surface area contributed by atoms with Gasteiger partial charge in [0.2, 0.25) is 0 Å². The molecule has 0 saturated carbocycles. The molecule has 32 valence electrons. The van der Waals surface area contributed by atoms with Gasteiger partial charge in [0.15, 0.2) is 0 Å². The SMILES string of the molecule is [Li][P](F)(=S)SI. The molecule has 0 rings (SSSR count). The Balaban J connectivity index is 3.48. The maximum absolute atomic E-state index is 12.0. The van der Waals surface area contributed by atoms with E-state index in [1.165, 1.54) is 17.2 Å². The summed E-state index contributed by atoms with van der Waals surface area (Å²) < 4.78 is 9.59. The average molecular weight is 248 g/mol. The Labute approximate surface area is 66.2 Å². The van der Waals surface area contributed by atoms with Crippen LogP contribution in [0.15, 0.2) is 0 Å². The van der Waals surface area contributed by atoms with E-state index in [0.29, 0.717) is 0 Å². The second-order valence-electron chi connectivity index (χ2n) is 0.816. The molecule has 0 nitrogen and oxygen atoms in total. The zero-order valence-corrected chi connectivity index (χ0v) is 7.70. The van der Waals surface area contributed by atoms with Gasteiger partial charge in [-0.3, -0.25) is 0 Å². The predicted octanol–water partition coefficient (Wildman–Crippen LogP) is 2.43. The van der Waals surface area contributed by atoms with Crippen molar-refractivity contribution in [2.45, 2.75) is 0 Å². The molecule has 6 heavy (non-hydrogen) atoms. The summed E-state index contributed by atoms with van der Waals surface area (Å²) in [5, 5.41) is 0. The van der Waals surface area contributed by atoms with E-state index in [0.717, 1.165) is 8.55 Å². The van der Waals surface area contributed by atoms with E-state index >= 15 is 0 Å². The summed E-state index contributed by atoms with van der Waals surface area (Å²) in [6.45, 7) is 0. The molecular weight excluding hydrogens is 248 g/mol. The quantitative estimate of drug-likeness (QED) is 0.397. The zero-order valence-electron chi connectivity index (χ0n) is 3.02. The Bertz CT molecular complexity index is 77.6. The van der Waals surface area contributed by atoms with E-state index < -0.39 is 3.97 Å². The summed E-state index contributed by atoms with van der Waals surface area (Å²) in [6, 6.07) is 0. The van der Waals surface area contributed by atoms with E-state index in [1.807, 2.05) is 21.2 Å². The molecule has 0 heterocycles. The van der Waals surface area contributed by atoms with E-state index in [-0.39, 0.29) is 0 Å². The van der Waals surface area contributed by atoms with E-state index in [4.69, 9.17) is 0 Å². The molecule has 0 saturated heterocycles. The van der Waals surface area contributed by atoms with Crippen molar-refractivity contribution in [3.8, 4) is 0 Å². The Morgan fingerprint density at radius 1 is 2.00 bits per heavy atom. The van der Waals surface area contributed by atoms with Crippen molar-refractivity contribution in [1.82, 2.24) is 0 Å². The first-order valence-electron chi connectivity index (χ1n) is 1.14. The third kappa shape index (κ3) is 6.26. The van der Waals surface area contributed by atoms with Crippen LogP contribution in [0.2, 0.25) is 0 Å². The first kappa shape index (κ1) is 8.26. The number of halogens is 2. The molecule has 0 fully saturated rings. The van der Waals surface area contributed by atoms with Crippen LogP contribution in [-0.4, -0.2) is 17.2 Å². The fourth-order valence-corrected chi connectivity index (χ4v) is 0.